The van der Waals surface area contributed by atoms with Crippen molar-refractivity contribution in [1.29, 1.82) is 0 Å². The van der Waals surface area contributed by atoms with E-state index < -0.39 is 6.10 Å². The van der Waals surface area contributed by atoms with E-state index in [1.807, 2.05) is 6.08 Å². The molecule has 1 aliphatic carbocycles. The number of amides is 1. The Morgan fingerprint density at radius 1 is 1.05 bits per heavy atom. The fraction of sp³-hybridized carbons (Fsp3) is 0.433. The molecule has 0 spiro atoms. The minimum absolute atomic E-state index is 0.143. The molecule has 1 aliphatic heterocycles. The van der Waals surface area contributed by atoms with E-state index >= 15 is 0 Å². The van der Waals surface area contributed by atoms with Crippen molar-refractivity contribution < 1.29 is 23.8 Å². The van der Waals surface area contributed by atoms with Crippen molar-refractivity contribution in [3.05, 3.63) is 89.5 Å². The van der Waals surface area contributed by atoms with Gasteiger partial charge in [-0.2, -0.15) is 0 Å². The van der Waals surface area contributed by atoms with Crippen molar-refractivity contribution in [2.45, 2.75) is 50.9 Å². The van der Waals surface area contributed by atoms with E-state index in [4.69, 9.17) is 9.47 Å². The zero-order chi connectivity index (χ0) is 26.6. The van der Waals surface area contributed by atoms with Gasteiger partial charge in [0, 0.05) is 31.4 Å². The fourth-order valence-corrected chi connectivity index (χ4v) is 4.48. The summed E-state index contributed by atoms with van der Waals surface area (Å²) in [5.41, 5.74) is 3.06. The largest absolute Gasteiger partial charge is 0.491 e. The summed E-state index contributed by atoms with van der Waals surface area (Å²) in [7, 11) is 0. The number of anilines is 1. The average molecular weight is 524 g/mol. The van der Waals surface area contributed by atoms with Crippen LogP contribution >= 0.6 is 0 Å². The van der Waals surface area contributed by atoms with Crippen molar-refractivity contribution in [2.75, 3.05) is 38.1 Å². The normalized spacial score (nSPS) is 16.6. The van der Waals surface area contributed by atoms with Crippen LogP contribution in [0.1, 0.15) is 36.8 Å². The molecular weight excluding hydrogens is 485 g/mol. The smallest absolute Gasteiger partial charge is 0.410 e. The molecule has 1 heterocycles. The summed E-state index contributed by atoms with van der Waals surface area (Å²) in [5, 5.41) is 17.0. The third-order valence-corrected chi connectivity index (χ3v) is 6.73. The van der Waals surface area contributed by atoms with E-state index in [1.54, 1.807) is 17.0 Å². The highest BCUT2D eigenvalue weighted by Gasteiger charge is 2.23. The number of carbonyl (C=O) groups is 1. The molecule has 1 fully saturated rings. The molecule has 1 saturated heterocycles. The second kappa shape index (κ2) is 14.5. The zero-order valence-electron chi connectivity index (χ0n) is 21.8. The van der Waals surface area contributed by atoms with Gasteiger partial charge in [0.05, 0.1) is 0 Å². The highest BCUT2D eigenvalue weighted by molar-refractivity contribution is 5.67. The number of aliphatic hydroxyl groups is 1. The number of piperidine rings is 1. The van der Waals surface area contributed by atoms with Gasteiger partial charge in [-0.05, 0) is 86.2 Å². The Hall–Kier alpha value is -3.36. The maximum Gasteiger partial charge on any atom is 0.410 e. The standard InChI is InChI=1S/C30H38FN3O4/c31-25-10-6-24(7-11-25)21-38-30(36)34-18-15-27(16-19-34)33-26-12-8-23(9-13-26)14-17-32-20-28(35)22-37-29-4-2-1-3-5-29/h2,4-13,27-28,32-33,35H,1,3,14-22H2/t28-/m0/s1. The Morgan fingerprint density at radius 3 is 2.50 bits per heavy atom. The molecule has 8 heteroatoms. The van der Waals surface area contributed by atoms with Crippen molar-refractivity contribution in [2.24, 2.45) is 0 Å². The molecule has 1 amide bonds. The molecule has 38 heavy (non-hydrogen) atoms. The number of halogens is 1. The van der Waals surface area contributed by atoms with Crippen LogP contribution in [-0.4, -0.2) is 61.0 Å². The zero-order valence-corrected chi connectivity index (χ0v) is 21.8. The van der Waals surface area contributed by atoms with Crippen LogP contribution < -0.4 is 10.6 Å². The first-order chi connectivity index (χ1) is 18.5. The first-order valence-electron chi connectivity index (χ1n) is 13.4. The summed E-state index contributed by atoms with van der Waals surface area (Å²) in [5.74, 6) is 0.538. The predicted molar refractivity (Wildman–Crippen MR) is 146 cm³/mol. The second-order valence-electron chi connectivity index (χ2n) is 9.79. The van der Waals surface area contributed by atoms with Gasteiger partial charge in [-0.15, -0.1) is 0 Å². The molecule has 7 nitrogen and oxygen atoms in total. The monoisotopic (exact) mass is 523 g/mol. The van der Waals surface area contributed by atoms with E-state index in [9.17, 15) is 14.3 Å². The van der Waals surface area contributed by atoms with Gasteiger partial charge < -0.3 is 30.1 Å². The van der Waals surface area contributed by atoms with E-state index in [0.717, 1.165) is 55.7 Å². The van der Waals surface area contributed by atoms with E-state index in [1.165, 1.54) is 17.7 Å². The molecule has 0 unspecified atom stereocenters. The second-order valence-corrected chi connectivity index (χ2v) is 9.79. The molecule has 204 valence electrons. The Morgan fingerprint density at radius 2 is 1.79 bits per heavy atom. The topological polar surface area (TPSA) is 83.1 Å². The lowest BCUT2D eigenvalue weighted by Gasteiger charge is -2.32. The number of nitrogens with one attached hydrogen (secondary N) is 2. The van der Waals surface area contributed by atoms with E-state index in [0.29, 0.717) is 32.3 Å². The highest BCUT2D eigenvalue weighted by Crippen LogP contribution is 2.18. The van der Waals surface area contributed by atoms with Gasteiger partial charge in [0.2, 0.25) is 0 Å². The number of likely N-dealkylation sites (tertiary alicyclic amines) is 1. The minimum atomic E-state index is -0.541. The van der Waals surface area contributed by atoms with Crippen molar-refractivity contribution >= 4 is 11.8 Å². The molecule has 0 radical (unpaired) electrons. The van der Waals surface area contributed by atoms with Gasteiger partial charge in [-0.3, -0.25) is 0 Å². The van der Waals surface area contributed by atoms with Crippen molar-refractivity contribution in [1.82, 2.24) is 10.2 Å². The van der Waals surface area contributed by atoms with Crippen LogP contribution in [0.5, 0.6) is 0 Å². The summed E-state index contributed by atoms with van der Waals surface area (Å²) >= 11 is 0. The number of nitrogens with zero attached hydrogens (tertiary/aromatic N) is 1. The third-order valence-electron chi connectivity index (χ3n) is 6.73. The first-order valence-corrected chi connectivity index (χ1v) is 13.4. The molecule has 0 bridgehead atoms. The Labute approximate surface area is 224 Å². The van der Waals surface area contributed by atoms with Crippen LogP contribution in [0, 0.1) is 5.82 Å². The van der Waals surface area contributed by atoms with Gasteiger partial charge in [-0.25, -0.2) is 9.18 Å². The molecule has 1 atom stereocenters. The van der Waals surface area contributed by atoms with Crippen LogP contribution in [0.25, 0.3) is 0 Å². The van der Waals surface area contributed by atoms with Crippen LogP contribution in [0.4, 0.5) is 14.9 Å². The molecule has 0 saturated carbocycles. The molecule has 3 N–H and O–H groups in total. The number of hydrogen-bond acceptors (Lipinski definition) is 6. The number of ether oxygens (including phenoxy) is 2. The summed E-state index contributed by atoms with van der Waals surface area (Å²) in [6.07, 6.45) is 9.83. The van der Waals surface area contributed by atoms with E-state index in [-0.39, 0.29) is 18.5 Å². The van der Waals surface area contributed by atoms with E-state index in [2.05, 4.69) is 47.1 Å². The van der Waals surface area contributed by atoms with Crippen molar-refractivity contribution in [3.8, 4) is 0 Å². The van der Waals surface area contributed by atoms with Gasteiger partial charge in [0.1, 0.15) is 30.9 Å². The quantitative estimate of drug-likeness (QED) is 0.347. The van der Waals surface area contributed by atoms with Crippen LogP contribution in [0.3, 0.4) is 0 Å². The summed E-state index contributed by atoms with van der Waals surface area (Å²) in [4.78, 5) is 14.1. The lowest BCUT2D eigenvalue weighted by molar-refractivity contribution is 0.0749. The highest BCUT2D eigenvalue weighted by atomic mass is 19.1. The lowest BCUT2D eigenvalue weighted by Crippen LogP contribution is -2.42. The Bertz CT molecular complexity index is 1060. The SMILES string of the molecule is O=C(OCc1ccc(F)cc1)N1CCC(Nc2ccc(CCNC[C@H](O)COC3=CCCC=C3)cc2)CC1. The predicted octanol–water partition coefficient (Wildman–Crippen LogP) is 4.78. The van der Waals surface area contributed by atoms with Gasteiger partial charge in [-0.1, -0.05) is 30.3 Å². The van der Waals surface area contributed by atoms with Crippen molar-refractivity contribution in [3.63, 3.8) is 0 Å². The van der Waals surface area contributed by atoms with Gasteiger partial charge >= 0.3 is 6.09 Å². The number of aliphatic hydroxyl groups excluding tert-OH is 1. The first kappa shape index (κ1) is 27.7. The third kappa shape index (κ3) is 9.19. The molecule has 2 aromatic carbocycles. The number of carbonyl (C=O) groups excluding carboxylic acids is 1. The average Bonchev–Trinajstić information content (AvgIpc) is 2.95. The Balaban J connectivity index is 1.08. The summed E-state index contributed by atoms with van der Waals surface area (Å²) < 4.78 is 24.0. The number of hydrogen-bond donors (Lipinski definition) is 3. The molecule has 2 aromatic rings. The van der Waals surface area contributed by atoms with Crippen LogP contribution in [0.15, 0.2) is 72.5 Å². The molecular formula is C30H38FN3O4. The minimum Gasteiger partial charge on any atom is -0.491 e. The fourth-order valence-electron chi connectivity index (χ4n) is 4.48. The number of allylic oxidation sites excluding steroid dienone is 3. The molecule has 2 aliphatic rings. The lowest BCUT2D eigenvalue weighted by atomic mass is 10.0. The molecule has 0 aromatic heterocycles. The van der Waals surface area contributed by atoms with Gasteiger partial charge in [0.25, 0.3) is 0 Å². The number of rotatable bonds is 12. The van der Waals surface area contributed by atoms with Gasteiger partial charge in [0.15, 0.2) is 0 Å². The van der Waals surface area contributed by atoms with Crippen LogP contribution in [0.2, 0.25) is 0 Å². The maximum atomic E-state index is 13.0. The molecule has 4 rings (SSSR count). The van der Waals surface area contributed by atoms with Crippen LogP contribution in [-0.2, 0) is 22.5 Å². The summed E-state index contributed by atoms with van der Waals surface area (Å²) in [6.45, 7) is 2.98. The summed E-state index contributed by atoms with van der Waals surface area (Å²) in [6, 6.07) is 14.7. The maximum absolute atomic E-state index is 13.0. The Kier molecular flexibility index (Phi) is 10.6. The number of benzene rings is 2.